The van der Waals surface area contributed by atoms with Crippen molar-refractivity contribution in [2.75, 3.05) is 31.1 Å². The molecule has 4 amide bonds. The van der Waals surface area contributed by atoms with Crippen molar-refractivity contribution in [3.63, 3.8) is 0 Å². The highest BCUT2D eigenvalue weighted by Crippen LogP contribution is 2.31. The SMILES string of the molecule is O=C1CCCC(=O)N1.O=C1NC(=O)c2cc(N3CCC(CC4CCNCC4)CC3)ccc21. The van der Waals surface area contributed by atoms with Gasteiger partial charge in [-0.1, -0.05) is 0 Å². The van der Waals surface area contributed by atoms with Gasteiger partial charge in [0.15, 0.2) is 0 Å². The Morgan fingerprint density at radius 2 is 1.41 bits per heavy atom. The lowest BCUT2D eigenvalue weighted by molar-refractivity contribution is -0.132. The Bertz CT molecular complexity index is 872. The number of hydrogen-bond acceptors (Lipinski definition) is 6. The molecule has 172 valence electrons. The summed E-state index contributed by atoms with van der Waals surface area (Å²) in [7, 11) is 0. The number of anilines is 1. The fourth-order valence-corrected chi connectivity index (χ4v) is 5.06. The number of nitrogens with one attached hydrogen (secondary N) is 3. The molecule has 0 atom stereocenters. The molecule has 1 aromatic carbocycles. The van der Waals surface area contributed by atoms with Gasteiger partial charge in [-0.15, -0.1) is 0 Å². The first-order chi connectivity index (χ1) is 15.5. The van der Waals surface area contributed by atoms with Crippen LogP contribution < -0.4 is 20.9 Å². The van der Waals surface area contributed by atoms with E-state index < -0.39 is 0 Å². The Balaban J connectivity index is 0.000000260. The van der Waals surface area contributed by atoms with Crippen LogP contribution in [0.5, 0.6) is 0 Å². The van der Waals surface area contributed by atoms with Gasteiger partial charge in [0, 0.05) is 31.6 Å². The monoisotopic (exact) mass is 440 g/mol. The van der Waals surface area contributed by atoms with Gasteiger partial charge in [0.05, 0.1) is 11.1 Å². The Morgan fingerprint density at radius 3 is 2.03 bits per heavy atom. The molecule has 1 aromatic rings. The smallest absolute Gasteiger partial charge is 0.259 e. The first kappa shape index (κ1) is 22.5. The first-order valence-electron chi connectivity index (χ1n) is 11.8. The minimum atomic E-state index is -0.276. The second-order valence-electron chi connectivity index (χ2n) is 9.20. The van der Waals surface area contributed by atoms with Gasteiger partial charge in [0.1, 0.15) is 0 Å². The molecule has 32 heavy (non-hydrogen) atoms. The molecular weight excluding hydrogens is 408 g/mol. The summed E-state index contributed by atoms with van der Waals surface area (Å²) in [5.74, 6) is 0.920. The lowest BCUT2D eigenvalue weighted by Crippen LogP contribution is -2.35. The van der Waals surface area contributed by atoms with Gasteiger partial charge in [0.2, 0.25) is 11.8 Å². The molecular formula is C24H32N4O4. The zero-order valence-electron chi connectivity index (χ0n) is 18.5. The highest BCUT2D eigenvalue weighted by molar-refractivity contribution is 6.21. The average Bonchev–Trinajstić information content (AvgIpc) is 3.08. The lowest BCUT2D eigenvalue weighted by Gasteiger charge is -2.36. The van der Waals surface area contributed by atoms with Crippen molar-refractivity contribution >= 4 is 29.3 Å². The van der Waals surface area contributed by atoms with Crippen LogP contribution in [-0.4, -0.2) is 49.8 Å². The molecule has 4 aliphatic rings. The molecule has 8 heteroatoms. The molecule has 3 N–H and O–H groups in total. The molecule has 5 rings (SSSR count). The number of imide groups is 2. The third-order valence-corrected chi connectivity index (χ3v) is 6.91. The summed E-state index contributed by atoms with van der Waals surface area (Å²) >= 11 is 0. The molecule has 4 heterocycles. The van der Waals surface area contributed by atoms with Crippen LogP contribution in [0.1, 0.15) is 72.1 Å². The highest BCUT2D eigenvalue weighted by atomic mass is 16.2. The number of carbonyl (C=O) groups excluding carboxylic acids is 4. The van der Waals surface area contributed by atoms with Crippen LogP contribution in [0.2, 0.25) is 0 Å². The molecule has 3 saturated heterocycles. The van der Waals surface area contributed by atoms with E-state index in [0.717, 1.165) is 30.6 Å². The maximum Gasteiger partial charge on any atom is 0.259 e. The van der Waals surface area contributed by atoms with E-state index in [-0.39, 0.29) is 23.6 Å². The lowest BCUT2D eigenvalue weighted by atomic mass is 9.83. The van der Waals surface area contributed by atoms with E-state index in [1.807, 2.05) is 12.1 Å². The number of fused-ring (bicyclic) bond motifs is 1. The second kappa shape index (κ2) is 10.3. The molecule has 0 aromatic heterocycles. The number of amides is 4. The van der Waals surface area contributed by atoms with E-state index in [4.69, 9.17) is 0 Å². The van der Waals surface area contributed by atoms with Crippen molar-refractivity contribution in [2.24, 2.45) is 11.8 Å². The fourth-order valence-electron chi connectivity index (χ4n) is 5.06. The second-order valence-corrected chi connectivity index (χ2v) is 9.20. The predicted molar refractivity (Wildman–Crippen MR) is 120 cm³/mol. The van der Waals surface area contributed by atoms with Gasteiger partial charge in [-0.05, 0) is 81.6 Å². The zero-order chi connectivity index (χ0) is 22.5. The van der Waals surface area contributed by atoms with E-state index in [0.29, 0.717) is 30.4 Å². The molecule has 0 bridgehead atoms. The van der Waals surface area contributed by atoms with Crippen molar-refractivity contribution in [3.8, 4) is 0 Å². The molecule has 0 saturated carbocycles. The molecule has 0 aliphatic carbocycles. The predicted octanol–water partition coefficient (Wildman–Crippen LogP) is 1.99. The summed E-state index contributed by atoms with van der Waals surface area (Å²) in [6, 6.07) is 5.64. The van der Waals surface area contributed by atoms with Gasteiger partial charge < -0.3 is 10.2 Å². The third kappa shape index (κ3) is 5.54. The van der Waals surface area contributed by atoms with E-state index >= 15 is 0 Å². The van der Waals surface area contributed by atoms with Crippen molar-refractivity contribution in [1.29, 1.82) is 0 Å². The minimum Gasteiger partial charge on any atom is -0.371 e. The quantitative estimate of drug-likeness (QED) is 0.621. The van der Waals surface area contributed by atoms with Gasteiger partial charge in [-0.3, -0.25) is 29.8 Å². The van der Waals surface area contributed by atoms with Crippen LogP contribution in [0.3, 0.4) is 0 Å². The van der Waals surface area contributed by atoms with Gasteiger partial charge in [-0.25, -0.2) is 0 Å². The zero-order valence-corrected chi connectivity index (χ0v) is 18.5. The van der Waals surface area contributed by atoms with Crippen molar-refractivity contribution in [1.82, 2.24) is 16.0 Å². The number of carbonyl (C=O) groups is 4. The summed E-state index contributed by atoms with van der Waals surface area (Å²) in [6.07, 6.45) is 8.21. The molecule has 3 fully saturated rings. The Labute approximate surface area is 188 Å². The highest BCUT2D eigenvalue weighted by Gasteiger charge is 2.29. The van der Waals surface area contributed by atoms with E-state index in [2.05, 4.69) is 20.9 Å². The average molecular weight is 441 g/mol. The van der Waals surface area contributed by atoms with Crippen molar-refractivity contribution in [2.45, 2.75) is 51.4 Å². The third-order valence-electron chi connectivity index (χ3n) is 6.91. The fraction of sp³-hybridized carbons (Fsp3) is 0.583. The van der Waals surface area contributed by atoms with Crippen LogP contribution >= 0.6 is 0 Å². The standard InChI is InChI=1S/C19H25N3O2.C5H7NO2/c23-18-16-2-1-15(12-17(16)19(24)21-18)22-9-5-14(6-10-22)11-13-3-7-20-8-4-13;7-4-2-1-3-5(8)6-4/h1-2,12-14,20H,3-11H2,(H,21,23,24);1-3H2,(H,6,7,8). The van der Waals surface area contributed by atoms with E-state index in [9.17, 15) is 19.2 Å². The van der Waals surface area contributed by atoms with Crippen LogP contribution in [0.25, 0.3) is 0 Å². The molecule has 0 radical (unpaired) electrons. The van der Waals surface area contributed by atoms with Crippen LogP contribution in [0, 0.1) is 11.8 Å². The van der Waals surface area contributed by atoms with E-state index in [1.54, 1.807) is 6.07 Å². The van der Waals surface area contributed by atoms with E-state index in [1.165, 1.54) is 45.2 Å². The van der Waals surface area contributed by atoms with Crippen LogP contribution in [0.15, 0.2) is 18.2 Å². The largest absolute Gasteiger partial charge is 0.371 e. The number of hydrogen-bond donors (Lipinski definition) is 3. The summed E-state index contributed by atoms with van der Waals surface area (Å²) in [4.78, 5) is 46.5. The number of rotatable bonds is 3. The maximum absolute atomic E-state index is 11.8. The minimum absolute atomic E-state index is 0.138. The Hall–Kier alpha value is -2.74. The number of nitrogens with zero attached hydrogens (tertiary/aromatic N) is 1. The summed E-state index contributed by atoms with van der Waals surface area (Å²) in [5, 5.41) is 8.01. The summed E-state index contributed by atoms with van der Waals surface area (Å²) < 4.78 is 0. The van der Waals surface area contributed by atoms with Gasteiger partial charge in [-0.2, -0.15) is 0 Å². The van der Waals surface area contributed by atoms with Gasteiger partial charge >= 0.3 is 0 Å². The topological polar surface area (TPSA) is 108 Å². The Morgan fingerprint density at radius 1 is 0.781 bits per heavy atom. The van der Waals surface area contributed by atoms with Crippen molar-refractivity contribution < 1.29 is 19.2 Å². The number of piperidine rings is 3. The van der Waals surface area contributed by atoms with Crippen LogP contribution in [-0.2, 0) is 9.59 Å². The van der Waals surface area contributed by atoms with Gasteiger partial charge in [0.25, 0.3) is 11.8 Å². The molecule has 4 aliphatic heterocycles. The van der Waals surface area contributed by atoms with Crippen LogP contribution in [0.4, 0.5) is 5.69 Å². The molecule has 0 unspecified atom stereocenters. The normalized spacial score (nSPS) is 22.1. The summed E-state index contributed by atoms with van der Waals surface area (Å²) in [5.41, 5.74) is 2.10. The first-order valence-corrected chi connectivity index (χ1v) is 11.8. The summed E-state index contributed by atoms with van der Waals surface area (Å²) in [6.45, 7) is 4.45. The molecule has 0 spiro atoms. The maximum atomic E-state index is 11.8. The number of benzene rings is 1. The van der Waals surface area contributed by atoms with Crippen molar-refractivity contribution in [3.05, 3.63) is 29.3 Å². The molecule has 8 nitrogen and oxygen atoms in total. The Kier molecular flexibility index (Phi) is 7.19.